The first-order chi connectivity index (χ1) is 10.1. The van der Waals surface area contributed by atoms with Gasteiger partial charge in [0.25, 0.3) is 0 Å². The van der Waals surface area contributed by atoms with E-state index < -0.39 is 0 Å². The van der Waals surface area contributed by atoms with E-state index in [1.54, 1.807) is 0 Å². The van der Waals surface area contributed by atoms with Crippen LogP contribution in [0.3, 0.4) is 0 Å². The molecule has 1 saturated heterocycles. The molecule has 1 aliphatic rings. The lowest BCUT2D eigenvalue weighted by atomic mass is 9.91. The number of ether oxygens (including phenoxy) is 1. The van der Waals surface area contributed by atoms with Crippen molar-refractivity contribution >= 4 is 18.3 Å². The fourth-order valence-electron chi connectivity index (χ4n) is 2.83. The van der Waals surface area contributed by atoms with Crippen molar-refractivity contribution in [1.82, 2.24) is 4.90 Å². The number of amides is 1. The summed E-state index contributed by atoms with van der Waals surface area (Å²) < 4.78 is 5.41. The first-order valence-corrected chi connectivity index (χ1v) is 7.85. The molecule has 1 aromatic carbocycles. The number of rotatable bonds is 5. The molecule has 2 N–H and O–H groups in total. The third kappa shape index (κ3) is 5.18. The van der Waals surface area contributed by atoms with E-state index in [1.165, 1.54) is 0 Å². The normalized spacial score (nSPS) is 16.8. The Labute approximate surface area is 139 Å². The largest absolute Gasteiger partial charge is 0.494 e. The van der Waals surface area contributed by atoms with Gasteiger partial charge in [-0.25, -0.2) is 0 Å². The summed E-state index contributed by atoms with van der Waals surface area (Å²) in [5.74, 6) is 1.62. The van der Waals surface area contributed by atoms with E-state index in [0.717, 1.165) is 37.2 Å². The molecule has 1 amide bonds. The highest BCUT2D eigenvalue weighted by atomic mass is 35.5. The lowest BCUT2D eigenvalue weighted by Gasteiger charge is -2.33. The second-order valence-electron chi connectivity index (χ2n) is 5.83. The molecule has 1 fully saturated rings. The third-order valence-electron chi connectivity index (χ3n) is 4.23. The topological polar surface area (TPSA) is 55.6 Å². The maximum atomic E-state index is 12.3. The van der Waals surface area contributed by atoms with Crippen LogP contribution in [0.4, 0.5) is 0 Å². The summed E-state index contributed by atoms with van der Waals surface area (Å²) in [6, 6.07) is 8.02. The Morgan fingerprint density at radius 1 is 1.32 bits per heavy atom. The zero-order chi connectivity index (χ0) is 15.2. The molecular weight excluding hydrogens is 300 g/mol. The van der Waals surface area contributed by atoms with Crippen molar-refractivity contribution in [1.29, 1.82) is 0 Å². The van der Waals surface area contributed by atoms with Gasteiger partial charge in [-0.05, 0) is 50.3 Å². The van der Waals surface area contributed by atoms with Gasteiger partial charge in [0, 0.05) is 19.1 Å². The number of nitrogens with two attached hydrogens (primary N) is 1. The van der Waals surface area contributed by atoms with Gasteiger partial charge in [0.05, 0.1) is 13.0 Å². The fraction of sp³-hybridized carbons (Fsp3) is 0.588. The molecule has 1 unspecified atom stereocenters. The quantitative estimate of drug-likeness (QED) is 0.905. The van der Waals surface area contributed by atoms with Crippen molar-refractivity contribution in [2.24, 2.45) is 11.7 Å². The van der Waals surface area contributed by atoms with Gasteiger partial charge < -0.3 is 15.4 Å². The summed E-state index contributed by atoms with van der Waals surface area (Å²) in [7, 11) is 0. The summed E-state index contributed by atoms with van der Waals surface area (Å²) in [6.45, 7) is 6.35. The Morgan fingerprint density at radius 2 is 1.91 bits per heavy atom. The van der Waals surface area contributed by atoms with Gasteiger partial charge >= 0.3 is 0 Å². The van der Waals surface area contributed by atoms with E-state index in [1.807, 2.05) is 36.1 Å². The van der Waals surface area contributed by atoms with Crippen LogP contribution in [-0.4, -0.2) is 36.5 Å². The standard InChI is InChI=1S/C17H26N2O2.ClH/c1-3-21-16-6-4-14(5-7-16)12-17(20)19-10-8-15(9-11-19)13(2)18;/h4-7,13,15H,3,8-12,18H2,1-2H3;1H. The molecule has 1 aromatic rings. The van der Waals surface area contributed by atoms with Crippen LogP contribution in [0.15, 0.2) is 24.3 Å². The highest BCUT2D eigenvalue weighted by molar-refractivity contribution is 5.85. The number of piperidine rings is 1. The number of halogens is 1. The number of likely N-dealkylation sites (tertiary alicyclic amines) is 1. The lowest BCUT2D eigenvalue weighted by molar-refractivity contribution is -0.131. The summed E-state index contributed by atoms with van der Waals surface area (Å²) in [4.78, 5) is 14.3. The Kier molecular flexibility index (Phi) is 7.69. The average Bonchev–Trinajstić information content (AvgIpc) is 2.49. The average molecular weight is 327 g/mol. The molecule has 0 bridgehead atoms. The second kappa shape index (κ2) is 9.01. The number of benzene rings is 1. The number of nitrogens with zero attached hydrogens (tertiary/aromatic N) is 1. The van der Waals surface area contributed by atoms with Gasteiger partial charge in [0.15, 0.2) is 0 Å². The van der Waals surface area contributed by atoms with Gasteiger partial charge in [0.1, 0.15) is 5.75 Å². The van der Waals surface area contributed by atoms with Gasteiger partial charge in [-0.15, -0.1) is 12.4 Å². The van der Waals surface area contributed by atoms with Gasteiger partial charge in [-0.2, -0.15) is 0 Å². The molecule has 1 aliphatic heterocycles. The fourth-order valence-corrected chi connectivity index (χ4v) is 2.83. The van der Waals surface area contributed by atoms with E-state index in [0.29, 0.717) is 18.9 Å². The molecule has 22 heavy (non-hydrogen) atoms. The minimum absolute atomic E-state index is 0. The van der Waals surface area contributed by atoms with Crippen molar-refractivity contribution in [3.05, 3.63) is 29.8 Å². The Morgan fingerprint density at radius 3 is 2.41 bits per heavy atom. The van der Waals surface area contributed by atoms with Crippen LogP contribution >= 0.6 is 12.4 Å². The highest BCUT2D eigenvalue weighted by Crippen LogP contribution is 2.20. The van der Waals surface area contributed by atoms with E-state index in [2.05, 4.69) is 6.92 Å². The van der Waals surface area contributed by atoms with Crippen LogP contribution in [0.5, 0.6) is 5.75 Å². The molecule has 0 saturated carbocycles. The zero-order valence-electron chi connectivity index (χ0n) is 13.5. The van der Waals surface area contributed by atoms with Gasteiger partial charge in [-0.3, -0.25) is 4.79 Å². The first kappa shape index (κ1) is 18.8. The first-order valence-electron chi connectivity index (χ1n) is 7.85. The molecular formula is C17H27ClN2O2. The Balaban J connectivity index is 0.00000242. The lowest BCUT2D eigenvalue weighted by Crippen LogP contribution is -2.43. The molecule has 1 atom stereocenters. The molecule has 124 valence electrons. The Bertz CT molecular complexity index is 454. The van der Waals surface area contributed by atoms with Crippen molar-refractivity contribution < 1.29 is 9.53 Å². The van der Waals surface area contributed by atoms with E-state index >= 15 is 0 Å². The van der Waals surface area contributed by atoms with Gasteiger partial charge in [-0.1, -0.05) is 12.1 Å². The molecule has 4 nitrogen and oxygen atoms in total. The monoisotopic (exact) mass is 326 g/mol. The smallest absolute Gasteiger partial charge is 0.226 e. The van der Waals surface area contributed by atoms with Crippen molar-refractivity contribution in [2.75, 3.05) is 19.7 Å². The molecule has 0 aliphatic carbocycles. The van der Waals surface area contributed by atoms with Crippen LogP contribution in [-0.2, 0) is 11.2 Å². The Hall–Kier alpha value is -1.26. The third-order valence-corrected chi connectivity index (χ3v) is 4.23. The molecule has 5 heteroatoms. The van der Waals surface area contributed by atoms with Crippen LogP contribution < -0.4 is 10.5 Å². The summed E-state index contributed by atoms with van der Waals surface area (Å²) in [5.41, 5.74) is 6.98. The number of hydrogen-bond donors (Lipinski definition) is 1. The van der Waals surface area contributed by atoms with E-state index in [9.17, 15) is 4.79 Å². The predicted molar refractivity (Wildman–Crippen MR) is 91.5 cm³/mol. The van der Waals surface area contributed by atoms with E-state index in [4.69, 9.17) is 10.5 Å². The minimum Gasteiger partial charge on any atom is -0.494 e. The van der Waals surface area contributed by atoms with Crippen molar-refractivity contribution in [3.8, 4) is 5.75 Å². The predicted octanol–water partition coefficient (Wildman–Crippen LogP) is 2.64. The van der Waals surface area contributed by atoms with Crippen LogP contribution in [0, 0.1) is 5.92 Å². The molecule has 0 radical (unpaired) electrons. The SMILES string of the molecule is CCOc1ccc(CC(=O)N2CCC(C(C)N)CC2)cc1.Cl. The number of carbonyl (C=O) groups is 1. The zero-order valence-corrected chi connectivity index (χ0v) is 14.3. The maximum Gasteiger partial charge on any atom is 0.226 e. The van der Waals surface area contributed by atoms with Crippen LogP contribution in [0.2, 0.25) is 0 Å². The molecule has 0 aromatic heterocycles. The number of carbonyl (C=O) groups excluding carboxylic acids is 1. The van der Waals surface area contributed by atoms with Crippen molar-refractivity contribution in [3.63, 3.8) is 0 Å². The highest BCUT2D eigenvalue weighted by Gasteiger charge is 2.24. The summed E-state index contributed by atoms with van der Waals surface area (Å²) in [5, 5.41) is 0. The number of hydrogen-bond acceptors (Lipinski definition) is 3. The molecule has 0 spiro atoms. The minimum atomic E-state index is 0. The van der Waals surface area contributed by atoms with Crippen LogP contribution in [0.25, 0.3) is 0 Å². The summed E-state index contributed by atoms with van der Waals surface area (Å²) >= 11 is 0. The van der Waals surface area contributed by atoms with Gasteiger partial charge in [0.2, 0.25) is 5.91 Å². The molecule has 2 rings (SSSR count). The summed E-state index contributed by atoms with van der Waals surface area (Å²) in [6.07, 6.45) is 2.51. The van der Waals surface area contributed by atoms with Crippen LogP contribution in [0.1, 0.15) is 32.3 Å². The van der Waals surface area contributed by atoms with Crippen molar-refractivity contribution in [2.45, 2.75) is 39.2 Å². The second-order valence-corrected chi connectivity index (χ2v) is 5.83. The maximum absolute atomic E-state index is 12.3. The molecule has 1 heterocycles. The van der Waals surface area contributed by atoms with E-state index in [-0.39, 0.29) is 24.4 Å².